The molecule has 1 aliphatic carbocycles. The Morgan fingerprint density at radius 2 is 2.31 bits per heavy atom. The minimum Gasteiger partial charge on any atom is -0.481 e. The standard InChI is InChI=1S/C12H12O4/c13-12(14)6-10-7-15-8-11(16-10)9-4-2-1-3-5-9/h1-2,4,7-8H,3,5-6H2,(H,13,14). The lowest BCUT2D eigenvalue weighted by Crippen LogP contribution is -2.07. The molecule has 0 radical (unpaired) electrons. The second-order valence-corrected chi connectivity index (χ2v) is 3.53. The van der Waals surface area contributed by atoms with Crippen LogP contribution < -0.4 is 0 Å². The molecule has 1 aliphatic heterocycles. The Labute approximate surface area is 93.2 Å². The zero-order valence-corrected chi connectivity index (χ0v) is 8.68. The summed E-state index contributed by atoms with van der Waals surface area (Å²) < 4.78 is 10.5. The van der Waals surface area contributed by atoms with Gasteiger partial charge in [-0.3, -0.25) is 4.79 Å². The number of hydrogen-bond acceptors (Lipinski definition) is 3. The highest BCUT2D eigenvalue weighted by molar-refractivity contribution is 5.69. The molecule has 4 nitrogen and oxygen atoms in total. The van der Waals surface area contributed by atoms with Crippen LogP contribution in [0.1, 0.15) is 19.3 Å². The van der Waals surface area contributed by atoms with Gasteiger partial charge < -0.3 is 14.6 Å². The Bertz CT molecular complexity index is 413. The van der Waals surface area contributed by atoms with Gasteiger partial charge in [0.2, 0.25) is 0 Å². The van der Waals surface area contributed by atoms with E-state index in [4.69, 9.17) is 14.6 Å². The van der Waals surface area contributed by atoms with E-state index in [0.717, 1.165) is 18.4 Å². The molecule has 1 N–H and O–H groups in total. The molecule has 0 aromatic carbocycles. The van der Waals surface area contributed by atoms with Crippen molar-refractivity contribution in [2.45, 2.75) is 19.3 Å². The van der Waals surface area contributed by atoms with Gasteiger partial charge in [-0.25, -0.2) is 0 Å². The number of allylic oxidation sites excluding steroid dienone is 4. The molecule has 84 valence electrons. The van der Waals surface area contributed by atoms with E-state index < -0.39 is 5.97 Å². The van der Waals surface area contributed by atoms with Crippen molar-refractivity contribution in [3.63, 3.8) is 0 Å². The van der Waals surface area contributed by atoms with E-state index in [2.05, 4.69) is 6.08 Å². The molecule has 0 aromatic heterocycles. The van der Waals surface area contributed by atoms with Crippen molar-refractivity contribution in [2.75, 3.05) is 0 Å². The van der Waals surface area contributed by atoms with E-state index in [0.29, 0.717) is 11.5 Å². The minimum absolute atomic E-state index is 0.166. The van der Waals surface area contributed by atoms with Crippen LogP contribution in [0, 0.1) is 0 Å². The van der Waals surface area contributed by atoms with E-state index in [1.807, 2.05) is 12.2 Å². The number of aliphatic carboxylic acids is 1. The number of carboxylic acid groups (broad SMARTS) is 1. The van der Waals surface area contributed by atoms with Gasteiger partial charge in [-0.05, 0) is 18.4 Å². The van der Waals surface area contributed by atoms with E-state index in [-0.39, 0.29) is 6.42 Å². The average molecular weight is 220 g/mol. The van der Waals surface area contributed by atoms with Crippen molar-refractivity contribution in [1.29, 1.82) is 0 Å². The van der Waals surface area contributed by atoms with Gasteiger partial charge in [0.25, 0.3) is 0 Å². The number of carboxylic acids is 1. The maximum atomic E-state index is 10.5. The molecule has 0 unspecified atom stereocenters. The van der Waals surface area contributed by atoms with Gasteiger partial charge in [0, 0.05) is 0 Å². The fourth-order valence-corrected chi connectivity index (χ4v) is 1.54. The first-order chi connectivity index (χ1) is 7.75. The SMILES string of the molecule is O=C(O)CC1=COC=C(C2=CC=CCC2)O1. The molecule has 0 atom stereocenters. The van der Waals surface area contributed by atoms with E-state index in [1.165, 1.54) is 12.5 Å². The van der Waals surface area contributed by atoms with Crippen molar-refractivity contribution in [3.05, 3.63) is 47.8 Å². The van der Waals surface area contributed by atoms with Crippen LogP contribution in [-0.2, 0) is 14.3 Å². The van der Waals surface area contributed by atoms with Crippen molar-refractivity contribution in [3.8, 4) is 0 Å². The predicted molar refractivity (Wildman–Crippen MR) is 57.0 cm³/mol. The molecule has 0 spiro atoms. The maximum absolute atomic E-state index is 10.5. The topological polar surface area (TPSA) is 55.8 Å². The van der Waals surface area contributed by atoms with E-state index in [1.54, 1.807) is 0 Å². The van der Waals surface area contributed by atoms with Crippen molar-refractivity contribution in [1.82, 2.24) is 0 Å². The summed E-state index contributed by atoms with van der Waals surface area (Å²) in [4.78, 5) is 10.5. The molecule has 16 heavy (non-hydrogen) atoms. The van der Waals surface area contributed by atoms with Crippen LogP contribution in [0.25, 0.3) is 0 Å². The summed E-state index contributed by atoms with van der Waals surface area (Å²) >= 11 is 0. The molecule has 1 heterocycles. The lowest BCUT2D eigenvalue weighted by atomic mass is 10.0. The lowest BCUT2D eigenvalue weighted by molar-refractivity contribution is -0.136. The third kappa shape index (κ3) is 2.53. The Kier molecular flexibility index (Phi) is 3.10. The minimum atomic E-state index is -0.936. The maximum Gasteiger partial charge on any atom is 0.311 e. The molecule has 0 saturated carbocycles. The average Bonchev–Trinajstić information content (AvgIpc) is 2.30. The largest absolute Gasteiger partial charge is 0.481 e. The number of hydrogen-bond donors (Lipinski definition) is 1. The molecule has 0 bridgehead atoms. The Balaban J connectivity index is 2.03. The highest BCUT2D eigenvalue weighted by atomic mass is 16.5. The number of ether oxygens (including phenoxy) is 2. The highest BCUT2D eigenvalue weighted by Gasteiger charge is 2.16. The van der Waals surface area contributed by atoms with Crippen LogP contribution >= 0.6 is 0 Å². The Hall–Kier alpha value is -1.97. The quantitative estimate of drug-likeness (QED) is 0.793. The van der Waals surface area contributed by atoms with E-state index >= 15 is 0 Å². The first-order valence-corrected chi connectivity index (χ1v) is 5.06. The monoisotopic (exact) mass is 220 g/mol. The lowest BCUT2D eigenvalue weighted by Gasteiger charge is -2.18. The smallest absolute Gasteiger partial charge is 0.311 e. The third-order valence-electron chi connectivity index (χ3n) is 2.27. The first kappa shape index (κ1) is 10.5. The van der Waals surface area contributed by atoms with Gasteiger partial charge in [-0.1, -0.05) is 18.2 Å². The van der Waals surface area contributed by atoms with Gasteiger partial charge in [0.05, 0.1) is 0 Å². The molecule has 0 fully saturated rings. The second-order valence-electron chi connectivity index (χ2n) is 3.53. The summed E-state index contributed by atoms with van der Waals surface area (Å²) in [5.41, 5.74) is 1.03. The highest BCUT2D eigenvalue weighted by Crippen LogP contribution is 2.26. The van der Waals surface area contributed by atoms with Crippen LogP contribution in [0.15, 0.2) is 47.8 Å². The number of rotatable bonds is 3. The first-order valence-electron chi connectivity index (χ1n) is 5.06. The third-order valence-corrected chi connectivity index (χ3v) is 2.27. The summed E-state index contributed by atoms with van der Waals surface area (Å²) in [7, 11) is 0. The normalized spacial score (nSPS) is 18.9. The van der Waals surface area contributed by atoms with Crippen LogP contribution in [0.4, 0.5) is 0 Å². The Morgan fingerprint density at radius 3 is 3.00 bits per heavy atom. The van der Waals surface area contributed by atoms with E-state index in [9.17, 15) is 4.79 Å². The molecular weight excluding hydrogens is 208 g/mol. The molecule has 2 rings (SSSR count). The Morgan fingerprint density at radius 1 is 1.44 bits per heavy atom. The fraction of sp³-hybridized carbons (Fsp3) is 0.250. The molecule has 2 aliphatic rings. The zero-order valence-electron chi connectivity index (χ0n) is 8.68. The van der Waals surface area contributed by atoms with Crippen molar-refractivity contribution < 1.29 is 19.4 Å². The van der Waals surface area contributed by atoms with Crippen LogP contribution in [0.3, 0.4) is 0 Å². The van der Waals surface area contributed by atoms with Gasteiger partial charge in [0.15, 0.2) is 11.5 Å². The molecule has 4 heteroatoms. The van der Waals surface area contributed by atoms with Gasteiger partial charge >= 0.3 is 5.97 Å². The summed E-state index contributed by atoms with van der Waals surface area (Å²) in [6.45, 7) is 0. The van der Waals surface area contributed by atoms with Crippen LogP contribution in [0.2, 0.25) is 0 Å². The van der Waals surface area contributed by atoms with Gasteiger partial charge in [-0.15, -0.1) is 0 Å². The predicted octanol–water partition coefficient (Wildman–Crippen LogP) is 2.47. The zero-order chi connectivity index (χ0) is 11.4. The number of carbonyl (C=O) groups is 1. The summed E-state index contributed by atoms with van der Waals surface area (Å²) in [5, 5.41) is 8.64. The van der Waals surface area contributed by atoms with Crippen molar-refractivity contribution in [2.24, 2.45) is 0 Å². The second kappa shape index (κ2) is 4.70. The molecule has 0 saturated heterocycles. The fourth-order valence-electron chi connectivity index (χ4n) is 1.54. The van der Waals surface area contributed by atoms with Crippen LogP contribution in [0.5, 0.6) is 0 Å². The summed E-state index contributed by atoms with van der Waals surface area (Å²) in [6.07, 6.45) is 10.5. The molecule has 0 amide bonds. The molecular formula is C12H12O4. The summed E-state index contributed by atoms with van der Waals surface area (Å²) in [5.74, 6) is -0.0165. The van der Waals surface area contributed by atoms with Gasteiger partial charge in [-0.2, -0.15) is 0 Å². The molecule has 0 aromatic rings. The summed E-state index contributed by atoms with van der Waals surface area (Å²) in [6, 6.07) is 0. The van der Waals surface area contributed by atoms with Crippen molar-refractivity contribution >= 4 is 5.97 Å². The van der Waals surface area contributed by atoms with Crippen LogP contribution in [-0.4, -0.2) is 11.1 Å². The van der Waals surface area contributed by atoms with Gasteiger partial charge in [0.1, 0.15) is 18.9 Å².